The van der Waals surface area contributed by atoms with Crippen LogP contribution in [0.25, 0.3) is 0 Å². The number of amides is 1. The fourth-order valence-electron chi connectivity index (χ4n) is 2.64. The number of methoxy groups -OCH3 is 1. The van der Waals surface area contributed by atoms with Gasteiger partial charge >= 0.3 is 12.1 Å². The average molecular weight is 487 g/mol. The minimum Gasteiger partial charge on any atom is -0.495 e. The first-order chi connectivity index (χ1) is 15.2. The van der Waals surface area contributed by atoms with Crippen molar-refractivity contribution >= 4 is 17.6 Å². The summed E-state index contributed by atoms with van der Waals surface area (Å²) in [6, 6.07) is 1.59. The molecule has 0 spiro atoms. The summed E-state index contributed by atoms with van der Waals surface area (Å²) >= 11 is 0. The largest absolute Gasteiger partial charge is 0.495 e. The van der Waals surface area contributed by atoms with Crippen LogP contribution < -0.4 is 10.1 Å². The first-order valence-electron chi connectivity index (χ1n) is 8.69. The average Bonchev–Trinajstić information content (AvgIpc) is 2.75. The Labute approximate surface area is 179 Å². The Balaban J connectivity index is 2.54. The second-order valence-corrected chi connectivity index (χ2v) is 6.24. The summed E-state index contributed by atoms with van der Waals surface area (Å²) in [6.07, 6.45) is -5.57. The van der Waals surface area contributed by atoms with Crippen LogP contribution in [0.3, 0.4) is 0 Å². The lowest BCUT2D eigenvalue weighted by Crippen LogP contribution is -2.50. The van der Waals surface area contributed by atoms with E-state index in [9.17, 15) is 49.8 Å². The van der Waals surface area contributed by atoms with E-state index in [1.807, 2.05) is 0 Å². The molecular formula is C19H13F8NO5. The first kappa shape index (κ1) is 25.8. The minimum absolute atomic E-state index is 0.457. The minimum atomic E-state index is -5.57. The van der Waals surface area contributed by atoms with Gasteiger partial charge in [-0.15, -0.1) is 0 Å². The van der Waals surface area contributed by atoms with Crippen LogP contribution in [0.1, 0.15) is 22.8 Å². The van der Waals surface area contributed by atoms with Crippen molar-refractivity contribution in [3.63, 3.8) is 0 Å². The number of nitrogens with one attached hydrogen (secondary N) is 1. The van der Waals surface area contributed by atoms with Gasteiger partial charge in [-0.25, -0.2) is 26.7 Å². The molecule has 0 saturated heterocycles. The molecule has 1 atom stereocenters. The van der Waals surface area contributed by atoms with Gasteiger partial charge in [0.1, 0.15) is 11.3 Å². The molecule has 0 aliphatic heterocycles. The van der Waals surface area contributed by atoms with E-state index in [1.165, 1.54) is 6.92 Å². The fraction of sp³-hybridized carbons (Fsp3) is 0.263. The number of rotatable bonds is 6. The summed E-state index contributed by atoms with van der Waals surface area (Å²) in [7, 11) is 0.879. The monoisotopic (exact) mass is 487 g/mol. The lowest BCUT2D eigenvalue weighted by Gasteiger charge is -2.29. The molecule has 14 heteroatoms. The maximum absolute atomic E-state index is 13.8. The van der Waals surface area contributed by atoms with E-state index in [4.69, 9.17) is 4.74 Å². The van der Waals surface area contributed by atoms with Crippen molar-refractivity contribution in [3.05, 3.63) is 58.4 Å². The Morgan fingerprint density at radius 3 is 1.94 bits per heavy atom. The molecule has 0 heterocycles. The number of benzene rings is 2. The quantitative estimate of drug-likeness (QED) is 0.279. The molecule has 0 bridgehead atoms. The molecular weight excluding hydrogens is 474 g/mol. The van der Waals surface area contributed by atoms with E-state index in [0.29, 0.717) is 18.2 Å². The van der Waals surface area contributed by atoms with Gasteiger partial charge in [0.2, 0.25) is 5.82 Å². The van der Waals surface area contributed by atoms with Crippen LogP contribution in [0.4, 0.5) is 40.8 Å². The second kappa shape index (κ2) is 9.21. The molecule has 0 saturated carbocycles. The highest BCUT2D eigenvalue weighted by Gasteiger charge is 2.62. The van der Waals surface area contributed by atoms with Crippen LogP contribution in [0.5, 0.6) is 5.75 Å². The molecule has 0 aliphatic carbocycles. The molecule has 0 aromatic heterocycles. The predicted molar refractivity (Wildman–Crippen MR) is 93.8 cm³/mol. The van der Waals surface area contributed by atoms with Crippen molar-refractivity contribution in [1.82, 2.24) is 0 Å². The van der Waals surface area contributed by atoms with E-state index in [0.717, 1.165) is 7.11 Å². The second-order valence-electron chi connectivity index (χ2n) is 6.24. The van der Waals surface area contributed by atoms with Gasteiger partial charge in [-0.2, -0.15) is 13.2 Å². The van der Waals surface area contributed by atoms with E-state index in [1.54, 1.807) is 5.32 Å². The zero-order valence-electron chi connectivity index (χ0n) is 16.5. The molecule has 0 radical (unpaired) electrons. The summed E-state index contributed by atoms with van der Waals surface area (Å²) in [5, 5.41) is 11.8. The number of hydrogen-bond donors (Lipinski definition) is 2. The summed E-state index contributed by atoms with van der Waals surface area (Å²) in [4.78, 5) is 24.0. The predicted octanol–water partition coefficient (Wildman–Crippen LogP) is 3.96. The molecule has 0 unspecified atom stereocenters. The first-order valence-corrected chi connectivity index (χ1v) is 8.69. The molecule has 1 amide bonds. The van der Waals surface area contributed by atoms with Crippen molar-refractivity contribution in [2.24, 2.45) is 0 Å². The van der Waals surface area contributed by atoms with Gasteiger partial charge < -0.3 is 19.9 Å². The summed E-state index contributed by atoms with van der Waals surface area (Å²) in [5.41, 5.74) is -7.72. The summed E-state index contributed by atoms with van der Waals surface area (Å²) in [6.45, 7) is 0.678. The molecule has 2 rings (SSSR count). The van der Waals surface area contributed by atoms with Crippen molar-refractivity contribution in [3.8, 4) is 5.75 Å². The molecule has 2 aromatic rings. The molecule has 33 heavy (non-hydrogen) atoms. The van der Waals surface area contributed by atoms with Crippen LogP contribution >= 0.6 is 0 Å². The number of alkyl halides is 3. The number of hydrogen-bond acceptors (Lipinski definition) is 5. The smallest absolute Gasteiger partial charge is 0.432 e. The highest BCUT2D eigenvalue weighted by atomic mass is 19.4. The maximum atomic E-state index is 13.8. The van der Waals surface area contributed by atoms with E-state index in [-0.39, 0.29) is 0 Å². The number of esters is 1. The molecule has 0 fully saturated rings. The Morgan fingerprint density at radius 1 is 0.970 bits per heavy atom. The Hall–Kier alpha value is -3.42. The number of anilines is 1. The standard InChI is InChI=1S/C19H13F8NO5/c1-3-33-17(30)18(31,19(25,26)27)7-4-5-8(9(6-7)32-2)28-16(29)10-11(20)13(22)15(24)14(23)12(10)21/h4-6,31H,3H2,1-2H3,(H,28,29)/t18-/m0/s1. The van der Waals surface area contributed by atoms with Gasteiger partial charge in [-0.05, 0) is 19.1 Å². The van der Waals surface area contributed by atoms with Gasteiger partial charge in [0, 0.05) is 5.56 Å². The van der Waals surface area contributed by atoms with Gasteiger partial charge in [0.15, 0.2) is 23.3 Å². The fourth-order valence-corrected chi connectivity index (χ4v) is 2.64. The SMILES string of the molecule is CCOC(=O)[C@@](O)(c1ccc(NC(=O)c2c(F)c(F)c(F)c(F)c2F)c(OC)c1)C(F)(F)F. The van der Waals surface area contributed by atoms with E-state index in [2.05, 4.69) is 4.74 Å². The third-order valence-corrected chi connectivity index (χ3v) is 4.29. The van der Waals surface area contributed by atoms with Crippen LogP contribution in [-0.4, -0.2) is 36.9 Å². The van der Waals surface area contributed by atoms with Gasteiger partial charge in [-0.1, -0.05) is 6.07 Å². The van der Waals surface area contributed by atoms with Gasteiger partial charge in [0.05, 0.1) is 19.4 Å². The van der Waals surface area contributed by atoms with Crippen LogP contribution in [-0.2, 0) is 15.1 Å². The number of halogens is 8. The maximum Gasteiger partial charge on any atom is 0.432 e. The molecule has 2 N–H and O–H groups in total. The normalized spacial score (nSPS) is 13.3. The van der Waals surface area contributed by atoms with E-state index < -0.39 is 81.9 Å². The Morgan fingerprint density at radius 2 is 1.48 bits per heavy atom. The van der Waals surface area contributed by atoms with Crippen molar-refractivity contribution in [1.29, 1.82) is 0 Å². The number of aliphatic hydroxyl groups is 1. The number of carbonyl (C=O) groups is 2. The summed E-state index contributed by atoms with van der Waals surface area (Å²) < 4.78 is 117. The Kier molecular flexibility index (Phi) is 7.21. The van der Waals surface area contributed by atoms with Crippen molar-refractivity contribution in [2.75, 3.05) is 19.0 Å². The lowest BCUT2D eigenvalue weighted by molar-refractivity contribution is -0.267. The molecule has 0 aliphatic rings. The third-order valence-electron chi connectivity index (χ3n) is 4.29. The van der Waals surface area contributed by atoms with Crippen LogP contribution in [0.2, 0.25) is 0 Å². The van der Waals surface area contributed by atoms with Crippen molar-refractivity contribution in [2.45, 2.75) is 18.7 Å². The number of ether oxygens (including phenoxy) is 2. The third kappa shape index (κ3) is 4.42. The molecule has 6 nitrogen and oxygen atoms in total. The van der Waals surface area contributed by atoms with Crippen molar-refractivity contribution < 1.29 is 59.3 Å². The number of carbonyl (C=O) groups excluding carboxylic acids is 2. The molecule has 180 valence electrons. The highest BCUT2D eigenvalue weighted by Crippen LogP contribution is 2.42. The van der Waals surface area contributed by atoms with E-state index >= 15 is 0 Å². The zero-order chi connectivity index (χ0) is 25.3. The lowest BCUT2D eigenvalue weighted by atomic mass is 9.92. The van der Waals surface area contributed by atoms with Crippen LogP contribution in [0, 0.1) is 29.1 Å². The van der Waals surface area contributed by atoms with Gasteiger partial charge in [0.25, 0.3) is 11.5 Å². The van der Waals surface area contributed by atoms with Gasteiger partial charge in [-0.3, -0.25) is 4.79 Å². The zero-order valence-corrected chi connectivity index (χ0v) is 16.5. The topological polar surface area (TPSA) is 84.9 Å². The summed E-state index contributed by atoms with van der Waals surface area (Å²) in [5.74, 6) is -16.8. The molecule has 2 aromatic carbocycles. The Bertz CT molecular complexity index is 1080. The van der Waals surface area contributed by atoms with Crippen LogP contribution in [0.15, 0.2) is 18.2 Å². The highest BCUT2D eigenvalue weighted by molar-refractivity contribution is 6.05.